The molecule has 2 unspecified atom stereocenters. The lowest BCUT2D eigenvalue weighted by atomic mass is 9.47. The molecule has 5 saturated carbocycles. The van der Waals surface area contributed by atoms with E-state index < -0.39 is 0 Å². The molecule has 2 N–H and O–H groups in total. The van der Waals surface area contributed by atoms with E-state index in [-0.39, 0.29) is 29.1 Å². The third kappa shape index (κ3) is 9.73. The van der Waals surface area contributed by atoms with Crippen LogP contribution in [-0.4, -0.2) is 47.0 Å². The molecule has 7 aliphatic rings. The summed E-state index contributed by atoms with van der Waals surface area (Å²) in [6.45, 7) is 15.8. The number of aromatic hydroxyl groups is 1. The molecule has 0 bridgehead atoms. The van der Waals surface area contributed by atoms with E-state index in [0.29, 0.717) is 34.8 Å². The minimum Gasteiger partial charge on any atom is -0.508 e. The van der Waals surface area contributed by atoms with Crippen LogP contribution >= 0.6 is 0 Å². The summed E-state index contributed by atoms with van der Waals surface area (Å²) in [5.74, 6) is 8.11. The Morgan fingerprint density at radius 2 is 1.49 bits per heavy atom. The van der Waals surface area contributed by atoms with E-state index in [0.717, 1.165) is 80.6 Å². The zero-order valence-electron chi connectivity index (χ0n) is 41.5. The molecule has 1 aromatic carbocycles. The van der Waals surface area contributed by atoms with Crippen molar-refractivity contribution in [3.63, 3.8) is 0 Å². The highest BCUT2D eigenvalue weighted by atomic mass is 16.6. The number of nitrogens with zero attached hydrogens (tertiary/aromatic N) is 1. The minimum absolute atomic E-state index is 0.0300. The molecule has 0 aromatic heterocycles. The zero-order chi connectivity index (χ0) is 44.5. The molecular weight excluding hydrogens is 775 g/mol. The molecule has 1 amide bonds. The van der Waals surface area contributed by atoms with Gasteiger partial charge in [-0.25, -0.2) is 4.79 Å². The maximum Gasteiger partial charge on any atom is 0.409 e. The summed E-state index contributed by atoms with van der Waals surface area (Å²) in [7, 11) is 1.94. The molecular formula is C58H93NO4. The van der Waals surface area contributed by atoms with Gasteiger partial charge in [0.25, 0.3) is 0 Å². The molecule has 7 aliphatic carbocycles. The van der Waals surface area contributed by atoms with Crippen LogP contribution in [0.2, 0.25) is 0 Å². The average molecular weight is 868 g/mol. The van der Waals surface area contributed by atoms with Crippen LogP contribution in [0.1, 0.15) is 219 Å². The Morgan fingerprint density at radius 3 is 2.25 bits per heavy atom. The van der Waals surface area contributed by atoms with Crippen LogP contribution in [-0.2, 0) is 11.2 Å². The van der Waals surface area contributed by atoms with Crippen molar-refractivity contribution in [1.29, 1.82) is 0 Å². The summed E-state index contributed by atoms with van der Waals surface area (Å²) in [5, 5.41) is 21.3. The number of allylic oxidation sites excluding steroid dienone is 1. The summed E-state index contributed by atoms with van der Waals surface area (Å²) in [5.41, 5.74) is 5.40. The highest BCUT2D eigenvalue weighted by Gasteiger charge is 2.60. The van der Waals surface area contributed by atoms with E-state index in [1.807, 2.05) is 18.0 Å². The molecule has 5 heteroatoms. The smallest absolute Gasteiger partial charge is 0.409 e. The average Bonchev–Trinajstić information content (AvgIpc) is 3.77. The molecule has 5 fully saturated rings. The first-order valence-electron chi connectivity index (χ1n) is 27.3. The van der Waals surface area contributed by atoms with Crippen LogP contribution in [0.3, 0.4) is 0 Å². The summed E-state index contributed by atoms with van der Waals surface area (Å²) >= 11 is 0. The molecule has 354 valence electrons. The number of unbranched alkanes of at least 4 members (excludes halogenated alkanes) is 8. The lowest BCUT2D eigenvalue weighted by Crippen LogP contribution is -2.51. The number of benzene rings is 1. The molecule has 5 nitrogen and oxygen atoms in total. The highest BCUT2D eigenvalue weighted by Crippen LogP contribution is 2.68. The number of phenols is 1. The van der Waals surface area contributed by atoms with Gasteiger partial charge in [-0.05, 0) is 189 Å². The Kier molecular flexibility index (Phi) is 15.1. The second kappa shape index (κ2) is 20.1. The number of amides is 1. The number of carbonyl (C=O) groups excluding carboxylic acids is 1. The molecule has 0 heterocycles. The van der Waals surface area contributed by atoms with Gasteiger partial charge in [0.15, 0.2) is 0 Å². The Bertz CT molecular complexity index is 1720. The second-order valence-electron chi connectivity index (χ2n) is 24.7. The molecule has 14 atom stereocenters. The fraction of sp³-hybridized carbons (Fsp3) is 0.845. The van der Waals surface area contributed by atoms with Gasteiger partial charge in [-0.15, -0.1) is 0 Å². The second-order valence-corrected chi connectivity index (χ2v) is 24.7. The van der Waals surface area contributed by atoms with Crippen LogP contribution in [0.5, 0.6) is 5.75 Å². The maximum absolute atomic E-state index is 13.3. The number of carbonyl (C=O) groups is 1. The van der Waals surface area contributed by atoms with Crippen molar-refractivity contribution in [1.82, 2.24) is 4.90 Å². The molecule has 0 spiro atoms. The van der Waals surface area contributed by atoms with Crippen molar-refractivity contribution in [2.24, 2.45) is 69.5 Å². The fourth-order valence-corrected chi connectivity index (χ4v) is 17.1. The van der Waals surface area contributed by atoms with E-state index in [9.17, 15) is 15.0 Å². The van der Waals surface area contributed by atoms with E-state index in [2.05, 4.69) is 59.8 Å². The monoisotopic (exact) mass is 868 g/mol. The number of aliphatic hydroxyl groups is 1. The normalized spacial score (nSPS) is 38.4. The Hall–Kier alpha value is -2.01. The Balaban J connectivity index is 0.701. The SMILES string of the molecule is CC(C)CCC[C@@H](C)[C@H]1CC[C@H]2[C@@H]3CC=C4CC(OC(=O)N(C)CCCCCCCCCCCC5Cc6cc(O)ccc6[C@H]6CC[C@]7(C)[C@@H](O)CC[C@H]7[C@H]56)CC[C@]4(C)[C@H]3CC[C@]12C. The van der Waals surface area contributed by atoms with Crippen molar-refractivity contribution >= 4 is 6.09 Å². The number of hydrogen-bond acceptors (Lipinski definition) is 4. The number of ether oxygens (including phenoxy) is 1. The van der Waals surface area contributed by atoms with Gasteiger partial charge >= 0.3 is 6.09 Å². The number of fused-ring (bicyclic) bond motifs is 10. The van der Waals surface area contributed by atoms with Crippen LogP contribution in [0.15, 0.2) is 29.8 Å². The fourth-order valence-electron chi connectivity index (χ4n) is 17.1. The van der Waals surface area contributed by atoms with Crippen molar-refractivity contribution < 1.29 is 19.7 Å². The first kappa shape index (κ1) is 47.5. The zero-order valence-corrected chi connectivity index (χ0v) is 41.5. The molecule has 0 radical (unpaired) electrons. The standard InChI is InChI=1S/C58H93NO4/c1-39(2)18-17-19-40(3)49-25-26-50-48-23-21-43-38-45(29-32-56(43,4)51(48)31-34-57(49,50)5)63-55(62)59(7)35-16-14-12-10-8-9-11-13-15-20-41-36-42-37-44(60)22-24-46(42)47-30-33-58(6)52(54(41)47)27-28-53(58)61/h21-22,24,37,39-41,45,47-54,60-61H,8-20,23,25-36,38H2,1-7H3/t40-,41?,45?,47-,48+,49-,50+,51+,52+,53+,54-,56+,57-,58+/m1/s1. The van der Waals surface area contributed by atoms with Gasteiger partial charge in [0.05, 0.1) is 6.10 Å². The van der Waals surface area contributed by atoms with Crippen LogP contribution in [0, 0.1) is 69.5 Å². The van der Waals surface area contributed by atoms with Crippen LogP contribution < -0.4 is 0 Å². The van der Waals surface area contributed by atoms with Crippen molar-refractivity contribution in [2.45, 2.75) is 227 Å². The number of aliphatic hydroxyl groups excluding tert-OH is 1. The van der Waals surface area contributed by atoms with Gasteiger partial charge in [-0.3, -0.25) is 0 Å². The summed E-state index contributed by atoms with van der Waals surface area (Å²) in [4.78, 5) is 15.1. The van der Waals surface area contributed by atoms with Crippen molar-refractivity contribution in [3.8, 4) is 5.75 Å². The lowest BCUT2D eigenvalue weighted by molar-refractivity contribution is -0.0591. The Morgan fingerprint density at radius 1 is 0.778 bits per heavy atom. The van der Waals surface area contributed by atoms with Gasteiger partial charge < -0.3 is 19.8 Å². The van der Waals surface area contributed by atoms with Gasteiger partial charge in [0, 0.05) is 20.0 Å². The van der Waals surface area contributed by atoms with Gasteiger partial charge in [-0.2, -0.15) is 0 Å². The summed E-state index contributed by atoms with van der Waals surface area (Å²) in [6.07, 6.45) is 34.9. The van der Waals surface area contributed by atoms with E-state index in [1.165, 1.54) is 140 Å². The first-order valence-corrected chi connectivity index (χ1v) is 27.3. The number of hydrogen-bond donors (Lipinski definition) is 2. The quantitative estimate of drug-likeness (QED) is 0.114. The van der Waals surface area contributed by atoms with E-state index >= 15 is 0 Å². The van der Waals surface area contributed by atoms with Crippen LogP contribution in [0.4, 0.5) is 4.79 Å². The number of rotatable bonds is 18. The topological polar surface area (TPSA) is 70.0 Å². The molecule has 0 aliphatic heterocycles. The van der Waals surface area contributed by atoms with Crippen molar-refractivity contribution in [3.05, 3.63) is 41.0 Å². The lowest BCUT2D eigenvalue weighted by Gasteiger charge is -2.58. The largest absolute Gasteiger partial charge is 0.508 e. The third-order valence-electron chi connectivity index (χ3n) is 20.7. The van der Waals surface area contributed by atoms with Gasteiger partial charge in [0.2, 0.25) is 0 Å². The van der Waals surface area contributed by atoms with E-state index in [1.54, 1.807) is 5.57 Å². The summed E-state index contributed by atoms with van der Waals surface area (Å²) in [6, 6.07) is 6.17. The predicted molar refractivity (Wildman–Crippen MR) is 260 cm³/mol. The predicted octanol–water partition coefficient (Wildman–Crippen LogP) is 15.2. The number of phenolic OH excluding ortho intramolecular Hbond substituents is 1. The summed E-state index contributed by atoms with van der Waals surface area (Å²) < 4.78 is 6.24. The maximum atomic E-state index is 13.3. The molecule has 1 aromatic rings. The highest BCUT2D eigenvalue weighted by molar-refractivity contribution is 5.67. The Labute approximate surface area is 385 Å². The van der Waals surface area contributed by atoms with Crippen molar-refractivity contribution in [2.75, 3.05) is 13.6 Å². The molecule has 63 heavy (non-hydrogen) atoms. The third-order valence-corrected chi connectivity index (χ3v) is 20.7. The van der Waals surface area contributed by atoms with Gasteiger partial charge in [-0.1, -0.05) is 130 Å². The first-order chi connectivity index (χ1) is 30.2. The molecule has 8 rings (SSSR count). The van der Waals surface area contributed by atoms with Gasteiger partial charge in [0.1, 0.15) is 11.9 Å². The minimum atomic E-state index is -0.137. The molecule has 0 saturated heterocycles. The van der Waals surface area contributed by atoms with Crippen LogP contribution in [0.25, 0.3) is 0 Å². The van der Waals surface area contributed by atoms with E-state index in [4.69, 9.17) is 4.74 Å².